The van der Waals surface area contributed by atoms with Crippen molar-refractivity contribution in [3.8, 4) is 5.75 Å². The molecule has 1 aliphatic heterocycles. The Hall–Kier alpha value is -1.93. The fourth-order valence-electron chi connectivity index (χ4n) is 3.33. The Morgan fingerprint density at radius 2 is 2.25 bits per heavy atom. The van der Waals surface area contributed by atoms with E-state index in [9.17, 15) is 9.18 Å². The van der Waals surface area contributed by atoms with Gasteiger partial charge in [0.1, 0.15) is 17.7 Å². The van der Waals surface area contributed by atoms with Gasteiger partial charge in [-0.1, -0.05) is 0 Å². The second-order valence-electron chi connectivity index (χ2n) is 6.34. The van der Waals surface area contributed by atoms with Crippen LogP contribution in [0.1, 0.15) is 0 Å². The molecule has 6 nitrogen and oxygen atoms in total. The van der Waals surface area contributed by atoms with Crippen LogP contribution in [0.2, 0.25) is 0 Å². The van der Waals surface area contributed by atoms with Gasteiger partial charge < -0.3 is 9.64 Å². The van der Waals surface area contributed by atoms with Gasteiger partial charge in [0.15, 0.2) is 0 Å². The molecule has 3 heterocycles. The Kier molecular flexibility index (Phi) is 3.43. The van der Waals surface area contributed by atoms with E-state index in [1.54, 1.807) is 22.4 Å². The molecule has 0 N–H and O–H groups in total. The van der Waals surface area contributed by atoms with Gasteiger partial charge in [-0.05, 0) is 30.0 Å². The van der Waals surface area contributed by atoms with E-state index in [2.05, 4.69) is 20.9 Å². The molecule has 1 aromatic carbocycles. The van der Waals surface area contributed by atoms with E-state index in [0.717, 1.165) is 5.52 Å². The van der Waals surface area contributed by atoms with Gasteiger partial charge in [0.05, 0.1) is 39.2 Å². The third-order valence-corrected chi connectivity index (χ3v) is 5.09. The van der Waals surface area contributed by atoms with Crippen LogP contribution in [0.4, 0.5) is 4.39 Å². The van der Waals surface area contributed by atoms with Crippen molar-refractivity contribution in [3.63, 3.8) is 0 Å². The molecule has 0 aliphatic carbocycles. The molecule has 3 aromatic rings. The molecule has 126 valence electrons. The van der Waals surface area contributed by atoms with Gasteiger partial charge in [-0.15, -0.1) is 0 Å². The SMILES string of the molecule is CN(C)C[C@H]1Cn2c(=O)n(C)c3cnc4cc(F)c(Br)c(c4c32)O1. The Morgan fingerprint density at radius 3 is 2.96 bits per heavy atom. The number of halogens is 2. The van der Waals surface area contributed by atoms with E-state index in [0.29, 0.717) is 35.3 Å². The summed E-state index contributed by atoms with van der Waals surface area (Å²) in [6, 6.07) is 1.36. The van der Waals surface area contributed by atoms with E-state index in [1.807, 2.05) is 19.0 Å². The molecule has 8 heteroatoms. The fourth-order valence-corrected chi connectivity index (χ4v) is 3.74. The van der Waals surface area contributed by atoms with Crippen LogP contribution < -0.4 is 10.4 Å². The van der Waals surface area contributed by atoms with Crippen molar-refractivity contribution in [2.45, 2.75) is 12.6 Å². The summed E-state index contributed by atoms with van der Waals surface area (Å²) in [6.07, 6.45) is 1.33. The van der Waals surface area contributed by atoms with Crippen LogP contribution in [0.3, 0.4) is 0 Å². The first-order chi connectivity index (χ1) is 11.4. The number of aromatic nitrogens is 3. The largest absolute Gasteiger partial charge is 0.485 e. The van der Waals surface area contributed by atoms with Crippen molar-refractivity contribution >= 4 is 37.9 Å². The first-order valence-electron chi connectivity index (χ1n) is 7.55. The molecule has 4 rings (SSSR count). The van der Waals surface area contributed by atoms with Gasteiger partial charge in [-0.25, -0.2) is 9.18 Å². The lowest BCUT2D eigenvalue weighted by atomic mass is 10.1. The molecule has 1 atom stereocenters. The normalized spacial score (nSPS) is 17.0. The van der Waals surface area contributed by atoms with Crippen molar-refractivity contribution in [1.82, 2.24) is 19.0 Å². The topological polar surface area (TPSA) is 52.3 Å². The zero-order valence-corrected chi connectivity index (χ0v) is 15.1. The van der Waals surface area contributed by atoms with Gasteiger partial charge in [0, 0.05) is 19.7 Å². The van der Waals surface area contributed by atoms with E-state index in [-0.39, 0.29) is 16.3 Å². The van der Waals surface area contributed by atoms with Crippen LogP contribution in [0.25, 0.3) is 21.9 Å². The number of nitrogens with zero attached hydrogens (tertiary/aromatic N) is 4. The van der Waals surface area contributed by atoms with Crippen molar-refractivity contribution < 1.29 is 9.13 Å². The van der Waals surface area contributed by atoms with Gasteiger partial charge in [-0.3, -0.25) is 14.1 Å². The highest BCUT2D eigenvalue weighted by molar-refractivity contribution is 9.10. The van der Waals surface area contributed by atoms with Crippen LogP contribution in [-0.4, -0.2) is 45.8 Å². The first-order valence-corrected chi connectivity index (χ1v) is 8.35. The molecule has 0 spiro atoms. The maximum atomic E-state index is 14.3. The number of hydrogen-bond donors (Lipinski definition) is 0. The van der Waals surface area contributed by atoms with Crippen molar-refractivity contribution in [1.29, 1.82) is 0 Å². The van der Waals surface area contributed by atoms with Crippen LogP contribution in [0, 0.1) is 5.82 Å². The summed E-state index contributed by atoms with van der Waals surface area (Å²) >= 11 is 3.29. The smallest absolute Gasteiger partial charge is 0.329 e. The average molecular weight is 395 g/mol. The van der Waals surface area contributed by atoms with Crippen LogP contribution >= 0.6 is 15.9 Å². The highest BCUT2D eigenvalue weighted by atomic mass is 79.9. The lowest BCUT2D eigenvalue weighted by Gasteiger charge is -2.22. The van der Waals surface area contributed by atoms with Gasteiger partial charge in [0.2, 0.25) is 0 Å². The number of likely N-dealkylation sites (N-methyl/N-ethyl adjacent to an activating group) is 1. The molecule has 0 amide bonds. The predicted molar refractivity (Wildman–Crippen MR) is 93.1 cm³/mol. The molecule has 0 fully saturated rings. The van der Waals surface area contributed by atoms with Gasteiger partial charge in [-0.2, -0.15) is 0 Å². The minimum absolute atomic E-state index is 0.125. The molecule has 0 unspecified atom stereocenters. The standard InChI is InChI=1S/C16H16BrFN4O2/c1-20(2)6-8-7-22-14-11(21(3)16(22)23)5-19-10-4-9(18)13(17)15(24-8)12(10)14/h4-5,8H,6-7H2,1-3H3/t8-/m0/s1. The van der Waals surface area contributed by atoms with E-state index < -0.39 is 5.82 Å². The minimum atomic E-state index is -0.431. The molecule has 24 heavy (non-hydrogen) atoms. The van der Waals surface area contributed by atoms with E-state index in [4.69, 9.17) is 4.74 Å². The minimum Gasteiger partial charge on any atom is -0.485 e. The molecule has 0 saturated heterocycles. The van der Waals surface area contributed by atoms with Crippen LogP contribution in [-0.2, 0) is 13.6 Å². The van der Waals surface area contributed by atoms with Gasteiger partial charge in [0.25, 0.3) is 0 Å². The maximum Gasteiger partial charge on any atom is 0.329 e. The van der Waals surface area contributed by atoms with E-state index >= 15 is 0 Å². The maximum absolute atomic E-state index is 14.3. The number of imidazole rings is 1. The summed E-state index contributed by atoms with van der Waals surface area (Å²) in [7, 11) is 5.58. The summed E-state index contributed by atoms with van der Waals surface area (Å²) < 4.78 is 23.9. The molecule has 1 aliphatic rings. The number of ether oxygens (including phenoxy) is 1. The van der Waals surface area contributed by atoms with Crippen LogP contribution in [0.5, 0.6) is 5.75 Å². The second-order valence-corrected chi connectivity index (χ2v) is 7.13. The molecule has 0 bridgehead atoms. The zero-order chi connectivity index (χ0) is 17.2. The highest BCUT2D eigenvalue weighted by Crippen LogP contribution is 2.41. The van der Waals surface area contributed by atoms with Crippen LogP contribution in [0.15, 0.2) is 21.5 Å². The van der Waals surface area contributed by atoms with Crippen molar-refractivity contribution in [2.24, 2.45) is 7.05 Å². The summed E-state index contributed by atoms with van der Waals surface area (Å²) in [5.41, 5.74) is 1.80. The van der Waals surface area contributed by atoms with Crippen molar-refractivity contribution in [2.75, 3.05) is 20.6 Å². The lowest BCUT2D eigenvalue weighted by molar-refractivity contribution is 0.145. The second kappa shape index (κ2) is 5.29. The molecular weight excluding hydrogens is 379 g/mol. The summed E-state index contributed by atoms with van der Waals surface area (Å²) in [5.74, 6) is -0.0218. The third-order valence-electron chi connectivity index (χ3n) is 4.35. The zero-order valence-electron chi connectivity index (χ0n) is 13.5. The Balaban J connectivity index is 2.15. The third kappa shape index (κ3) is 2.09. The number of hydrogen-bond acceptors (Lipinski definition) is 4. The number of pyridine rings is 1. The Morgan fingerprint density at radius 1 is 1.50 bits per heavy atom. The number of benzene rings is 1. The molecule has 0 radical (unpaired) electrons. The van der Waals surface area contributed by atoms with Gasteiger partial charge >= 0.3 is 5.69 Å². The molecule has 2 aromatic heterocycles. The highest BCUT2D eigenvalue weighted by Gasteiger charge is 2.28. The molecular formula is C16H16BrFN4O2. The monoisotopic (exact) mass is 394 g/mol. The molecule has 0 saturated carbocycles. The summed E-state index contributed by atoms with van der Waals surface area (Å²) in [6.45, 7) is 1.00. The van der Waals surface area contributed by atoms with Crippen molar-refractivity contribution in [3.05, 3.63) is 33.0 Å². The first kappa shape index (κ1) is 15.6. The Bertz CT molecular complexity index is 1040. The number of aryl methyl sites for hydroxylation is 1. The average Bonchev–Trinajstić information content (AvgIpc) is 2.68. The lowest BCUT2D eigenvalue weighted by Crippen LogP contribution is -2.36. The van der Waals surface area contributed by atoms with E-state index in [1.165, 1.54) is 6.07 Å². The fraction of sp³-hybridized carbons (Fsp3) is 0.375. The predicted octanol–water partition coefficient (Wildman–Crippen LogP) is 2.11. The summed E-state index contributed by atoms with van der Waals surface area (Å²) in [5, 5.41) is 0.666. The summed E-state index contributed by atoms with van der Waals surface area (Å²) in [4.78, 5) is 19.0. The quantitative estimate of drug-likeness (QED) is 0.667. The number of rotatable bonds is 2. The Labute approximate surface area is 145 Å².